The standard InChI is InChI=1S/C17H29N5O2/c1-12(2)14-10-21(7-4-8-22(14)9-13-5-6-13)11-15-19-16(20-24-15)17(23)18-3/h12-14H,4-11H2,1-3H3,(H,18,23)/t14-/m0/s1. The van der Waals surface area contributed by atoms with E-state index in [1.54, 1.807) is 7.05 Å². The molecule has 0 unspecified atom stereocenters. The van der Waals surface area contributed by atoms with E-state index in [0.29, 0.717) is 24.4 Å². The summed E-state index contributed by atoms with van der Waals surface area (Å²) >= 11 is 0. The predicted octanol–water partition coefficient (Wildman–Crippen LogP) is 1.37. The van der Waals surface area contributed by atoms with Gasteiger partial charge >= 0.3 is 0 Å². The molecule has 1 aromatic rings. The molecule has 1 atom stereocenters. The second-order valence-electron chi connectivity index (χ2n) is 7.43. The number of nitrogens with one attached hydrogen (secondary N) is 1. The molecule has 0 aromatic carbocycles. The van der Waals surface area contributed by atoms with Crippen molar-refractivity contribution in [1.29, 1.82) is 0 Å². The number of carbonyl (C=O) groups is 1. The fraction of sp³-hybridized carbons (Fsp3) is 0.824. The SMILES string of the molecule is CNC(=O)c1noc(CN2CCCN(CC3CC3)[C@H](C(C)C)C2)n1. The van der Waals surface area contributed by atoms with Gasteiger partial charge in [0.1, 0.15) is 0 Å². The normalized spacial score (nSPS) is 23.4. The van der Waals surface area contributed by atoms with Gasteiger partial charge in [-0.05, 0) is 44.2 Å². The fourth-order valence-corrected chi connectivity index (χ4v) is 3.48. The van der Waals surface area contributed by atoms with Crippen molar-refractivity contribution in [3.05, 3.63) is 11.7 Å². The molecule has 2 fully saturated rings. The lowest BCUT2D eigenvalue weighted by Crippen LogP contribution is -2.45. The molecule has 134 valence electrons. The van der Waals surface area contributed by atoms with Gasteiger partial charge in [-0.25, -0.2) is 0 Å². The van der Waals surface area contributed by atoms with Crippen molar-refractivity contribution < 1.29 is 9.32 Å². The molecule has 2 heterocycles. The predicted molar refractivity (Wildman–Crippen MR) is 90.5 cm³/mol. The number of rotatable bonds is 6. The van der Waals surface area contributed by atoms with Crippen LogP contribution in [0.1, 0.15) is 49.6 Å². The third-order valence-corrected chi connectivity index (χ3v) is 5.05. The molecule has 1 N–H and O–H groups in total. The van der Waals surface area contributed by atoms with E-state index in [0.717, 1.165) is 25.4 Å². The third kappa shape index (κ3) is 4.33. The molecule has 0 spiro atoms. The fourth-order valence-electron chi connectivity index (χ4n) is 3.48. The molecular formula is C17H29N5O2. The molecule has 1 saturated carbocycles. The minimum atomic E-state index is -0.309. The summed E-state index contributed by atoms with van der Waals surface area (Å²) in [6.07, 6.45) is 3.96. The second-order valence-corrected chi connectivity index (χ2v) is 7.43. The molecule has 3 rings (SSSR count). The molecule has 1 aromatic heterocycles. The minimum absolute atomic E-state index is 0.109. The highest BCUT2D eigenvalue weighted by atomic mass is 16.5. The molecule has 7 nitrogen and oxygen atoms in total. The summed E-state index contributed by atoms with van der Waals surface area (Å²) in [5.41, 5.74) is 0. The Labute approximate surface area is 143 Å². The van der Waals surface area contributed by atoms with Crippen LogP contribution in [0.4, 0.5) is 0 Å². The lowest BCUT2D eigenvalue weighted by atomic mass is 10.0. The molecule has 2 aliphatic rings. The first-order chi connectivity index (χ1) is 11.6. The Morgan fingerprint density at radius 3 is 2.83 bits per heavy atom. The van der Waals surface area contributed by atoms with Gasteiger partial charge in [-0.1, -0.05) is 19.0 Å². The van der Waals surface area contributed by atoms with E-state index in [4.69, 9.17) is 4.52 Å². The summed E-state index contributed by atoms with van der Waals surface area (Å²) in [7, 11) is 1.56. The average Bonchev–Trinajstić information content (AvgIpc) is 3.29. The van der Waals surface area contributed by atoms with Gasteiger partial charge in [-0.2, -0.15) is 4.98 Å². The van der Waals surface area contributed by atoms with Crippen LogP contribution in [0.3, 0.4) is 0 Å². The summed E-state index contributed by atoms with van der Waals surface area (Å²) in [6, 6.07) is 0.564. The van der Waals surface area contributed by atoms with E-state index in [1.807, 2.05) is 0 Å². The zero-order valence-corrected chi connectivity index (χ0v) is 15.0. The van der Waals surface area contributed by atoms with Gasteiger partial charge in [-0.15, -0.1) is 0 Å². The van der Waals surface area contributed by atoms with Crippen LogP contribution in [-0.4, -0.2) is 65.1 Å². The first-order valence-electron chi connectivity index (χ1n) is 9.08. The number of nitrogens with zero attached hydrogens (tertiary/aromatic N) is 4. The van der Waals surface area contributed by atoms with Crippen molar-refractivity contribution in [2.24, 2.45) is 11.8 Å². The van der Waals surface area contributed by atoms with Gasteiger partial charge in [0, 0.05) is 26.2 Å². The van der Waals surface area contributed by atoms with Crippen LogP contribution in [0, 0.1) is 11.8 Å². The van der Waals surface area contributed by atoms with Crippen molar-refractivity contribution >= 4 is 5.91 Å². The molecule has 24 heavy (non-hydrogen) atoms. The molecule has 1 aliphatic carbocycles. The van der Waals surface area contributed by atoms with Crippen molar-refractivity contribution in [2.75, 3.05) is 33.2 Å². The number of carbonyl (C=O) groups excluding carboxylic acids is 1. The summed E-state index contributed by atoms with van der Waals surface area (Å²) in [4.78, 5) is 20.8. The summed E-state index contributed by atoms with van der Waals surface area (Å²) in [5.74, 6) is 1.86. The Balaban J connectivity index is 1.62. The number of hydrogen-bond acceptors (Lipinski definition) is 6. The van der Waals surface area contributed by atoms with E-state index in [9.17, 15) is 4.79 Å². The van der Waals surface area contributed by atoms with Crippen LogP contribution in [0.5, 0.6) is 0 Å². The zero-order valence-electron chi connectivity index (χ0n) is 15.0. The van der Waals surface area contributed by atoms with E-state index in [2.05, 4.69) is 39.1 Å². The third-order valence-electron chi connectivity index (χ3n) is 5.05. The first kappa shape index (κ1) is 17.4. The topological polar surface area (TPSA) is 74.5 Å². The van der Waals surface area contributed by atoms with Gasteiger partial charge in [0.15, 0.2) is 0 Å². The maximum absolute atomic E-state index is 11.6. The van der Waals surface area contributed by atoms with Gasteiger partial charge < -0.3 is 9.84 Å². The molecule has 7 heteroatoms. The minimum Gasteiger partial charge on any atom is -0.352 e. The first-order valence-corrected chi connectivity index (χ1v) is 9.08. The van der Waals surface area contributed by atoms with Crippen LogP contribution in [-0.2, 0) is 6.54 Å². The highest BCUT2D eigenvalue weighted by Crippen LogP contribution is 2.32. The van der Waals surface area contributed by atoms with Gasteiger partial charge in [-0.3, -0.25) is 14.6 Å². The Hall–Kier alpha value is -1.47. The maximum Gasteiger partial charge on any atom is 0.292 e. The van der Waals surface area contributed by atoms with E-state index >= 15 is 0 Å². The Morgan fingerprint density at radius 2 is 2.17 bits per heavy atom. The van der Waals surface area contributed by atoms with Gasteiger partial charge in [0.2, 0.25) is 5.89 Å². The highest BCUT2D eigenvalue weighted by Gasteiger charge is 2.32. The average molecular weight is 335 g/mol. The van der Waals surface area contributed by atoms with Crippen LogP contribution < -0.4 is 5.32 Å². The quantitative estimate of drug-likeness (QED) is 0.846. The van der Waals surface area contributed by atoms with Crippen LogP contribution in [0.15, 0.2) is 4.52 Å². The number of aromatic nitrogens is 2. The lowest BCUT2D eigenvalue weighted by molar-refractivity contribution is 0.0950. The molecular weight excluding hydrogens is 306 g/mol. The van der Waals surface area contributed by atoms with E-state index < -0.39 is 0 Å². The molecule has 0 bridgehead atoms. The zero-order chi connectivity index (χ0) is 17.1. The smallest absolute Gasteiger partial charge is 0.292 e. The van der Waals surface area contributed by atoms with Crippen molar-refractivity contribution in [3.8, 4) is 0 Å². The van der Waals surface area contributed by atoms with Crippen LogP contribution >= 0.6 is 0 Å². The number of hydrogen-bond donors (Lipinski definition) is 1. The van der Waals surface area contributed by atoms with E-state index in [1.165, 1.54) is 25.9 Å². The molecule has 1 aliphatic heterocycles. The summed E-state index contributed by atoms with van der Waals surface area (Å²) in [5, 5.41) is 6.27. The Kier molecular flexibility index (Phi) is 5.50. The molecule has 1 saturated heterocycles. The van der Waals surface area contributed by atoms with Crippen LogP contribution in [0.2, 0.25) is 0 Å². The molecule has 0 radical (unpaired) electrons. The second kappa shape index (κ2) is 7.61. The largest absolute Gasteiger partial charge is 0.352 e. The van der Waals surface area contributed by atoms with Crippen LogP contribution in [0.25, 0.3) is 0 Å². The van der Waals surface area contributed by atoms with Gasteiger partial charge in [0.05, 0.1) is 6.54 Å². The van der Waals surface area contributed by atoms with Gasteiger partial charge in [0.25, 0.3) is 11.7 Å². The molecule has 1 amide bonds. The van der Waals surface area contributed by atoms with Crippen molar-refractivity contribution in [1.82, 2.24) is 25.3 Å². The Morgan fingerprint density at radius 1 is 1.38 bits per heavy atom. The summed E-state index contributed by atoms with van der Waals surface area (Å²) in [6.45, 7) is 9.70. The lowest BCUT2D eigenvalue weighted by Gasteiger charge is -2.34. The summed E-state index contributed by atoms with van der Waals surface area (Å²) < 4.78 is 5.25. The van der Waals surface area contributed by atoms with Crippen molar-refractivity contribution in [2.45, 2.75) is 45.7 Å². The van der Waals surface area contributed by atoms with E-state index in [-0.39, 0.29) is 11.7 Å². The maximum atomic E-state index is 11.6. The Bertz CT molecular complexity index is 555. The number of amides is 1. The highest BCUT2D eigenvalue weighted by molar-refractivity contribution is 5.89. The monoisotopic (exact) mass is 335 g/mol. The van der Waals surface area contributed by atoms with Crippen molar-refractivity contribution in [3.63, 3.8) is 0 Å².